The molecule has 4 unspecified atom stereocenters. The molecule has 0 spiro atoms. The van der Waals surface area contributed by atoms with Crippen molar-refractivity contribution < 1.29 is 4.74 Å². The van der Waals surface area contributed by atoms with Gasteiger partial charge in [0.25, 0.3) is 0 Å². The fraction of sp³-hybridized carbons (Fsp3) is 0.467. The van der Waals surface area contributed by atoms with Gasteiger partial charge < -0.3 is 4.74 Å². The molecule has 2 aliphatic rings. The number of methoxy groups -OCH3 is 1. The summed E-state index contributed by atoms with van der Waals surface area (Å²) in [5, 5.41) is 0. The maximum absolute atomic E-state index is 5.21. The highest BCUT2D eigenvalue weighted by molar-refractivity contribution is 5.45. The van der Waals surface area contributed by atoms with Gasteiger partial charge in [-0.05, 0) is 118 Å². The molecule has 162 valence electrons. The second-order valence-electron chi connectivity index (χ2n) is 9.46. The van der Waals surface area contributed by atoms with E-state index in [1.54, 1.807) is 7.11 Å². The van der Waals surface area contributed by atoms with E-state index in [4.69, 9.17) is 4.74 Å². The third-order valence-corrected chi connectivity index (χ3v) is 7.52. The van der Waals surface area contributed by atoms with Gasteiger partial charge in [-0.2, -0.15) is 0 Å². The first-order valence-electron chi connectivity index (χ1n) is 12.1. The second-order valence-corrected chi connectivity index (χ2v) is 9.46. The largest absolute Gasteiger partial charge is 0.497 e. The van der Waals surface area contributed by atoms with Crippen LogP contribution in [0.1, 0.15) is 80.9 Å². The number of hydrogen-bond acceptors (Lipinski definition) is 1. The lowest BCUT2D eigenvalue weighted by atomic mass is 9.63. The van der Waals surface area contributed by atoms with Crippen molar-refractivity contribution in [2.45, 2.75) is 64.2 Å². The first kappa shape index (κ1) is 21.8. The molecule has 1 heteroatoms. The summed E-state index contributed by atoms with van der Waals surface area (Å²) in [4.78, 5) is 0. The Labute approximate surface area is 188 Å². The van der Waals surface area contributed by atoms with Gasteiger partial charge in [0.05, 0.1) is 7.11 Å². The van der Waals surface area contributed by atoms with Gasteiger partial charge in [-0.1, -0.05) is 42.5 Å². The molecule has 2 aliphatic carbocycles. The molecule has 2 fully saturated rings. The van der Waals surface area contributed by atoms with Crippen LogP contribution < -0.4 is 4.74 Å². The van der Waals surface area contributed by atoms with E-state index in [9.17, 15) is 0 Å². The Kier molecular flexibility index (Phi) is 7.52. The van der Waals surface area contributed by atoms with E-state index < -0.39 is 0 Å². The van der Waals surface area contributed by atoms with Crippen molar-refractivity contribution in [3.05, 3.63) is 77.4 Å². The van der Waals surface area contributed by atoms with E-state index in [0.717, 1.165) is 40.5 Å². The van der Waals surface area contributed by atoms with Crippen LogP contribution in [-0.2, 0) is 0 Å². The number of ether oxygens (including phenoxy) is 1. The van der Waals surface area contributed by atoms with Crippen LogP contribution in [0.25, 0.3) is 0 Å². The molecule has 2 aromatic carbocycles. The molecule has 31 heavy (non-hydrogen) atoms. The maximum atomic E-state index is 5.21. The van der Waals surface area contributed by atoms with Crippen LogP contribution in [0.3, 0.4) is 0 Å². The molecule has 0 heterocycles. The minimum absolute atomic E-state index is 0.740. The van der Waals surface area contributed by atoms with Crippen LogP contribution in [0.5, 0.6) is 5.75 Å². The van der Waals surface area contributed by atoms with Crippen LogP contribution in [0, 0.1) is 29.6 Å². The topological polar surface area (TPSA) is 9.23 Å². The van der Waals surface area contributed by atoms with E-state index in [1.165, 1.54) is 56.9 Å². The van der Waals surface area contributed by atoms with Crippen molar-refractivity contribution in [3.63, 3.8) is 0 Å². The number of benzene rings is 2. The zero-order valence-corrected chi connectivity index (χ0v) is 19.1. The zero-order chi connectivity index (χ0) is 21.5. The minimum Gasteiger partial charge on any atom is -0.497 e. The molecule has 1 nitrogen and oxygen atoms in total. The molecule has 2 aromatic rings. The van der Waals surface area contributed by atoms with Gasteiger partial charge in [-0.25, -0.2) is 0 Å². The van der Waals surface area contributed by atoms with E-state index >= 15 is 0 Å². The number of rotatable bonds is 5. The third-order valence-electron chi connectivity index (χ3n) is 7.52. The molecule has 4 atom stereocenters. The summed E-state index contributed by atoms with van der Waals surface area (Å²) in [6.07, 6.45) is 15.8. The van der Waals surface area contributed by atoms with Crippen LogP contribution in [0.15, 0.2) is 60.7 Å². The van der Waals surface area contributed by atoms with Crippen LogP contribution in [-0.4, -0.2) is 7.11 Å². The van der Waals surface area contributed by atoms with Crippen molar-refractivity contribution in [2.75, 3.05) is 7.11 Å². The van der Waals surface area contributed by atoms with Crippen molar-refractivity contribution in [1.29, 1.82) is 0 Å². The minimum atomic E-state index is 0.740. The van der Waals surface area contributed by atoms with Gasteiger partial charge in [0.15, 0.2) is 0 Å². The summed E-state index contributed by atoms with van der Waals surface area (Å²) in [6, 6.07) is 17.0. The Morgan fingerprint density at radius 1 is 0.839 bits per heavy atom. The molecule has 0 aromatic heterocycles. The first-order valence-corrected chi connectivity index (χ1v) is 12.1. The van der Waals surface area contributed by atoms with E-state index in [1.807, 2.05) is 24.3 Å². The summed E-state index contributed by atoms with van der Waals surface area (Å²) < 4.78 is 5.21. The van der Waals surface area contributed by atoms with Gasteiger partial charge in [0.1, 0.15) is 5.75 Å². The van der Waals surface area contributed by atoms with Crippen LogP contribution in [0.4, 0.5) is 0 Å². The van der Waals surface area contributed by atoms with E-state index in [-0.39, 0.29) is 0 Å². The smallest absolute Gasteiger partial charge is 0.118 e. The summed E-state index contributed by atoms with van der Waals surface area (Å²) in [6.45, 7) is 2.14. The average molecular weight is 413 g/mol. The van der Waals surface area contributed by atoms with Crippen molar-refractivity contribution in [2.24, 2.45) is 17.8 Å². The highest BCUT2D eigenvalue weighted by Gasteiger charge is 2.35. The molecule has 0 N–H and O–H groups in total. The first-order chi connectivity index (χ1) is 15.2. The second kappa shape index (κ2) is 10.7. The summed E-state index contributed by atoms with van der Waals surface area (Å²) in [5.41, 5.74) is 3.63. The van der Waals surface area contributed by atoms with Gasteiger partial charge in [-0.15, -0.1) is 0 Å². The molecule has 2 saturated carbocycles. The average Bonchev–Trinajstić information content (AvgIpc) is 2.83. The third kappa shape index (κ3) is 5.82. The zero-order valence-electron chi connectivity index (χ0n) is 19.1. The van der Waals surface area contributed by atoms with Crippen LogP contribution in [0.2, 0.25) is 0 Å². The van der Waals surface area contributed by atoms with Gasteiger partial charge in [-0.3, -0.25) is 0 Å². The SMILES string of the molecule is C/C=C/CCC1CCC2CC(c3ccc(C#Cc4ccc(OC)cc4)cc3)CCC2C1. The van der Waals surface area contributed by atoms with E-state index in [2.05, 4.69) is 55.2 Å². The van der Waals surface area contributed by atoms with Crippen molar-refractivity contribution in [3.8, 4) is 17.6 Å². The Morgan fingerprint density at radius 3 is 2.16 bits per heavy atom. The Morgan fingerprint density at radius 2 is 1.48 bits per heavy atom. The summed E-state index contributed by atoms with van der Waals surface area (Å²) in [5.74, 6) is 11.1. The van der Waals surface area contributed by atoms with Gasteiger partial charge in [0, 0.05) is 11.1 Å². The number of hydrogen-bond donors (Lipinski definition) is 0. The Hall–Kier alpha value is -2.46. The molecular weight excluding hydrogens is 376 g/mol. The number of fused-ring (bicyclic) bond motifs is 1. The Bertz CT molecular complexity index is 910. The lowest BCUT2D eigenvalue weighted by Gasteiger charge is -2.42. The fourth-order valence-corrected chi connectivity index (χ4v) is 5.71. The maximum Gasteiger partial charge on any atom is 0.118 e. The number of allylic oxidation sites excluding steroid dienone is 2. The highest BCUT2D eigenvalue weighted by Crippen LogP contribution is 2.48. The molecule has 0 bridgehead atoms. The molecule has 0 radical (unpaired) electrons. The van der Waals surface area contributed by atoms with Crippen LogP contribution >= 0.6 is 0 Å². The molecule has 0 amide bonds. The monoisotopic (exact) mass is 412 g/mol. The Balaban J connectivity index is 1.32. The fourth-order valence-electron chi connectivity index (χ4n) is 5.71. The van der Waals surface area contributed by atoms with Crippen molar-refractivity contribution >= 4 is 0 Å². The standard InChI is InChI=1S/C30H36O/c1-3-4-5-6-25-11-16-29-22-28(18-17-27(29)21-25)26-14-9-23(10-15-26)7-8-24-12-19-30(31-2)20-13-24/h3-4,9-10,12-15,19-20,25,27-29H,5-6,11,16-18,21-22H2,1-2H3/b4-3+. The summed E-state index contributed by atoms with van der Waals surface area (Å²) >= 11 is 0. The summed E-state index contributed by atoms with van der Waals surface area (Å²) in [7, 11) is 1.69. The molecule has 0 saturated heterocycles. The lowest BCUT2D eigenvalue weighted by molar-refractivity contribution is 0.115. The molecule has 4 rings (SSSR count). The predicted octanol–water partition coefficient (Wildman–Crippen LogP) is 7.75. The van der Waals surface area contributed by atoms with E-state index in [0.29, 0.717) is 0 Å². The predicted molar refractivity (Wildman–Crippen MR) is 130 cm³/mol. The molecule has 0 aliphatic heterocycles. The van der Waals surface area contributed by atoms with Gasteiger partial charge in [0.2, 0.25) is 0 Å². The van der Waals surface area contributed by atoms with Gasteiger partial charge >= 0.3 is 0 Å². The highest BCUT2D eigenvalue weighted by atomic mass is 16.5. The molecular formula is C30H36O. The lowest BCUT2D eigenvalue weighted by Crippen LogP contribution is -2.30. The normalized spacial score (nSPS) is 25.5. The van der Waals surface area contributed by atoms with Crippen molar-refractivity contribution in [1.82, 2.24) is 0 Å². The quantitative estimate of drug-likeness (QED) is 0.360.